The summed E-state index contributed by atoms with van der Waals surface area (Å²) in [5, 5.41) is 0. The molecule has 2 aromatic rings. The largest absolute Gasteiger partial charge is 0.294 e. The first-order chi connectivity index (χ1) is 10.8. The van der Waals surface area contributed by atoms with Gasteiger partial charge in [-0.05, 0) is 12.8 Å². The van der Waals surface area contributed by atoms with Gasteiger partial charge in [0.15, 0.2) is 11.6 Å². The van der Waals surface area contributed by atoms with E-state index in [0.717, 1.165) is 0 Å². The normalized spacial score (nSPS) is 20.5. The van der Waals surface area contributed by atoms with E-state index in [1.54, 1.807) is 0 Å². The Hall–Kier alpha value is -2.48. The van der Waals surface area contributed by atoms with Gasteiger partial charge in [0.05, 0.1) is 0 Å². The molecule has 0 N–H and O–H groups in total. The predicted molar refractivity (Wildman–Crippen MR) is 86.9 cm³/mol. The first-order valence-electron chi connectivity index (χ1n) is 7.61. The van der Waals surface area contributed by atoms with Crippen LogP contribution >= 0.6 is 0 Å². The van der Waals surface area contributed by atoms with E-state index in [1.165, 1.54) is 0 Å². The van der Waals surface area contributed by atoms with E-state index < -0.39 is 0 Å². The maximum absolute atomic E-state index is 12.8. The molecule has 3 rings (SSSR count). The Labute approximate surface area is 130 Å². The number of hydrogen-bond donors (Lipinski definition) is 0. The number of hydrogen-bond acceptors (Lipinski definition) is 2. The lowest BCUT2D eigenvalue weighted by Gasteiger charge is -2.26. The molecule has 110 valence electrons. The van der Waals surface area contributed by atoms with Crippen LogP contribution in [0, 0.1) is 11.8 Å². The van der Waals surface area contributed by atoms with E-state index in [-0.39, 0.29) is 23.4 Å². The van der Waals surface area contributed by atoms with Crippen molar-refractivity contribution < 1.29 is 9.59 Å². The van der Waals surface area contributed by atoms with Crippen molar-refractivity contribution in [1.29, 1.82) is 0 Å². The van der Waals surface area contributed by atoms with Crippen molar-refractivity contribution in [2.24, 2.45) is 11.8 Å². The molecular formula is C20H18O2. The summed E-state index contributed by atoms with van der Waals surface area (Å²) in [4.78, 5) is 25.5. The molecule has 0 amide bonds. The molecule has 2 atom stereocenters. The van der Waals surface area contributed by atoms with Crippen molar-refractivity contribution in [2.45, 2.75) is 12.8 Å². The van der Waals surface area contributed by atoms with Crippen molar-refractivity contribution in [2.75, 3.05) is 0 Å². The van der Waals surface area contributed by atoms with Crippen molar-refractivity contribution >= 4 is 11.6 Å². The zero-order chi connectivity index (χ0) is 15.4. The van der Waals surface area contributed by atoms with Crippen molar-refractivity contribution in [3.63, 3.8) is 0 Å². The third-order valence-electron chi connectivity index (χ3n) is 4.22. The van der Waals surface area contributed by atoms with Crippen LogP contribution in [0.1, 0.15) is 33.6 Å². The van der Waals surface area contributed by atoms with Gasteiger partial charge in [-0.15, -0.1) is 0 Å². The fraction of sp³-hybridized carbons (Fsp3) is 0.200. The quantitative estimate of drug-likeness (QED) is 0.620. The first-order valence-corrected chi connectivity index (χ1v) is 7.61. The maximum Gasteiger partial charge on any atom is 0.166 e. The molecule has 0 aliphatic heterocycles. The summed E-state index contributed by atoms with van der Waals surface area (Å²) in [6, 6.07) is 18.5. The average molecular weight is 290 g/mol. The Morgan fingerprint density at radius 3 is 1.36 bits per heavy atom. The fourth-order valence-electron chi connectivity index (χ4n) is 3.03. The lowest BCUT2D eigenvalue weighted by atomic mass is 9.75. The lowest BCUT2D eigenvalue weighted by molar-refractivity contribution is 0.0761. The molecule has 0 spiro atoms. The smallest absolute Gasteiger partial charge is 0.166 e. The summed E-state index contributed by atoms with van der Waals surface area (Å²) in [5.41, 5.74) is 1.38. The summed E-state index contributed by atoms with van der Waals surface area (Å²) in [7, 11) is 0. The molecule has 0 aromatic heterocycles. The molecule has 2 heteroatoms. The summed E-state index contributed by atoms with van der Waals surface area (Å²) in [5.74, 6) is -0.390. The summed E-state index contributed by atoms with van der Waals surface area (Å²) >= 11 is 0. The highest BCUT2D eigenvalue weighted by atomic mass is 16.1. The third-order valence-corrected chi connectivity index (χ3v) is 4.22. The summed E-state index contributed by atoms with van der Waals surface area (Å²) in [6.45, 7) is 0. The van der Waals surface area contributed by atoms with Gasteiger partial charge < -0.3 is 0 Å². The molecule has 0 saturated heterocycles. The monoisotopic (exact) mass is 290 g/mol. The second kappa shape index (κ2) is 6.52. The van der Waals surface area contributed by atoms with Gasteiger partial charge in [-0.25, -0.2) is 0 Å². The molecule has 0 bridgehead atoms. The molecule has 22 heavy (non-hydrogen) atoms. The second-order valence-electron chi connectivity index (χ2n) is 5.62. The van der Waals surface area contributed by atoms with Gasteiger partial charge in [0, 0.05) is 23.0 Å². The molecule has 2 aromatic carbocycles. The Bertz CT molecular complexity index is 625. The molecule has 1 aliphatic rings. The Balaban J connectivity index is 1.88. The average Bonchev–Trinajstić information content (AvgIpc) is 2.62. The second-order valence-corrected chi connectivity index (χ2v) is 5.62. The maximum atomic E-state index is 12.8. The van der Waals surface area contributed by atoms with Crippen molar-refractivity contribution in [3.8, 4) is 0 Å². The van der Waals surface area contributed by atoms with E-state index in [0.29, 0.717) is 24.0 Å². The van der Waals surface area contributed by atoms with Crippen molar-refractivity contribution in [1.82, 2.24) is 0 Å². The first kappa shape index (κ1) is 14.5. The highest BCUT2D eigenvalue weighted by molar-refractivity contribution is 6.05. The van der Waals surface area contributed by atoms with Gasteiger partial charge in [-0.1, -0.05) is 72.8 Å². The molecule has 0 fully saturated rings. The molecular weight excluding hydrogens is 272 g/mol. The van der Waals surface area contributed by atoms with E-state index in [1.807, 2.05) is 72.8 Å². The van der Waals surface area contributed by atoms with Gasteiger partial charge >= 0.3 is 0 Å². The molecule has 0 saturated carbocycles. The standard InChI is InChI=1S/C20H18O2/c21-19(15-9-3-1-4-10-15)17-13-7-8-14-18(17)20(22)16-11-5-2-6-12-16/h1-12,17-18H,13-14H2/t17-,18-/m0/s1. The zero-order valence-electron chi connectivity index (χ0n) is 12.3. The SMILES string of the molecule is O=C(c1ccccc1)[C@H]1CC=CC[C@@H]1C(=O)c1ccccc1. The highest BCUT2D eigenvalue weighted by Crippen LogP contribution is 2.31. The minimum atomic E-state index is -0.264. The lowest BCUT2D eigenvalue weighted by Crippen LogP contribution is -2.31. The number of carbonyl (C=O) groups is 2. The number of rotatable bonds is 4. The Kier molecular flexibility index (Phi) is 4.29. The van der Waals surface area contributed by atoms with Gasteiger partial charge in [0.2, 0.25) is 0 Å². The van der Waals surface area contributed by atoms with Crippen molar-refractivity contribution in [3.05, 3.63) is 83.9 Å². The van der Waals surface area contributed by atoms with Crippen LogP contribution in [0.3, 0.4) is 0 Å². The molecule has 1 aliphatic carbocycles. The molecule has 0 radical (unpaired) electrons. The van der Waals surface area contributed by atoms with Crippen LogP contribution in [0.15, 0.2) is 72.8 Å². The molecule has 0 heterocycles. The molecule has 2 nitrogen and oxygen atoms in total. The number of allylic oxidation sites excluding steroid dienone is 2. The van der Waals surface area contributed by atoms with Crippen LogP contribution in [-0.4, -0.2) is 11.6 Å². The third kappa shape index (κ3) is 2.91. The zero-order valence-corrected chi connectivity index (χ0v) is 12.3. The highest BCUT2D eigenvalue weighted by Gasteiger charge is 2.34. The number of carbonyl (C=O) groups excluding carboxylic acids is 2. The number of benzene rings is 2. The van der Waals surface area contributed by atoms with Gasteiger partial charge in [0.1, 0.15) is 0 Å². The summed E-state index contributed by atoms with van der Waals surface area (Å²) in [6.07, 6.45) is 5.30. The number of ketones is 2. The Morgan fingerprint density at radius 1 is 0.636 bits per heavy atom. The van der Waals surface area contributed by atoms with Crippen LogP contribution in [-0.2, 0) is 0 Å². The van der Waals surface area contributed by atoms with Crippen LogP contribution in [0.5, 0.6) is 0 Å². The van der Waals surface area contributed by atoms with Crippen LogP contribution in [0.2, 0.25) is 0 Å². The number of Topliss-reactive ketones (excluding diaryl/α,β-unsaturated/α-hetero) is 2. The molecule has 0 unspecified atom stereocenters. The van der Waals surface area contributed by atoms with Gasteiger partial charge in [0.25, 0.3) is 0 Å². The van der Waals surface area contributed by atoms with E-state index in [4.69, 9.17) is 0 Å². The topological polar surface area (TPSA) is 34.1 Å². The van der Waals surface area contributed by atoms with Crippen LogP contribution in [0.25, 0.3) is 0 Å². The Morgan fingerprint density at radius 2 is 1.00 bits per heavy atom. The minimum Gasteiger partial charge on any atom is -0.294 e. The van der Waals surface area contributed by atoms with Crippen LogP contribution in [0.4, 0.5) is 0 Å². The summed E-state index contributed by atoms with van der Waals surface area (Å²) < 4.78 is 0. The van der Waals surface area contributed by atoms with Gasteiger partial charge in [-0.2, -0.15) is 0 Å². The fourth-order valence-corrected chi connectivity index (χ4v) is 3.03. The van der Waals surface area contributed by atoms with Crippen LogP contribution < -0.4 is 0 Å². The van der Waals surface area contributed by atoms with E-state index >= 15 is 0 Å². The van der Waals surface area contributed by atoms with E-state index in [9.17, 15) is 9.59 Å². The van der Waals surface area contributed by atoms with Gasteiger partial charge in [-0.3, -0.25) is 9.59 Å². The predicted octanol–water partition coefficient (Wildman–Crippen LogP) is 4.33. The van der Waals surface area contributed by atoms with E-state index in [2.05, 4.69) is 0 Å². The minimum absolute atomic E-state index is 0.0687.